The van der Waals surface area contributed by atoms with Gasteiger partial charge in [-0.1, -0.05) is 34.5 Å². The molecule has 5 heteroatoms. The van der Waals surface area contributed by atoms with E-state index in [1.165, 1.54) is 12.1 Å². The Labute approximate surface area is 114 Å². The van der Waals surface area contributed by atoms with Gasteiger partial charge in [0, 0.05) is 16.4 Å². The summed E-state index contributed by atoms with van der Waals surface area (Å²) in [7, 11) is 0. The van der Waals surface area contributed by atoms with Crippen molar-refractivity contribution in [3.8, 4) is 0 Å². The lowest BCUT2D eigenvalue weighted by molar-refractivity contribution is 0.0913. The van der Waals surface area contributed by atoms with E-state index in [0.29, 0.717) is 5.33 Å². The molecule has 17 heavy (non-hydrogen) atoms. The van der Waals surface area contributed by atoms with Crippen molar-refractivity contribution in [2.24, 2.45) is 0 Å². The molecule has 2 nitrogen and oxygen atoms in total. The van der Waals surface area contributed by atoms with Crippen LogP contribution in [0.2, 0.25) is 5.02 Å². The van der Waals surface area contributed by atoms with E-state index in [2.05, 4.69) is 21.2 Å². The van der Waals surface area contributed by atoms with Gasteiger partial charge in [0.05, 0.1) is 5.02 Å². The maximum atomic E-state index is 13.2. The van der Waals surface area contributed by atoms with Gasteiger partial charge in [0.15, 0.2) is 0 Å². The van der Waals surface area contributed by atoms with E-state index >= 15 is 0 Å². The fraction of sp³-hybridized carbons (Fsp3) is 0.417. The molecule has 1 N–H and O–H groups in total. The molecule has 94 valence electrons. The van der Waals surface area contributed by atoms with Gasteiger partial charge in [-0.3, -0.25) is 4.79 Å². The summed E-state index contributed by atoms with van der Waals surface area (Å²) in [5.74, 6) is -0.888. The minimum Gasteiger partial charge on any atom is -0.346 e. The van der Waals surface area contributed by atoms with Gasteiger partial charge in [-0.25, -0.2) is 4.39 Å². The molecule has 0 spiro atoms. The quantitative estimate of drug-likeness (QED) is 0.840. The fourth-order valence-electron chi connectivity index (χ4n) is 1.20. The first-order valence-electron chi connectivity index (χ1n) is 5.25. The average molecular weight is 323 g/mol. The van der Waals surface area contributed by atoms with Crippen molar-refractivity contribution in [3.05, 3.63) is 34.6 Å². The zero-order valence-corrected chi connectivity index (χ0v) is 12.0. The molecule has 0 bridgehead atoms. The molecule has 0 radical (unpaired) electrons. The first-order chi connectivity index (χ1) is 7.91. The van der Waals surface area contributed by atoms with E-state index in [1.807, 2.05) is 13.8 Å². The molecule has 0 fully saturated rings. The Kier molecular flexibility index (Phi) is 4.95. The number of amides is 1. The predicted octanol–water partition coefficient (Wildman–Crippen LogP) is 3.77. The SMILES string of the molecule is CCC(C)(CBr)NC(=O)c1ccc(Cl)c(F)c1. The van der Waals surface area contributed by atoms with Crippen LogP contribution in [0.1, 0.15) is 30.6 Å². The standard InChI is InChI=1S/C12H14BrClFNO/c1-3-12(2,7-13)16-11(17)8-4-5-9(14)10(15)6-8/h4-6H,3,7H2,1-2H3,(H,16,17). The first kappa shape index (κ1) is 14.5. The molecule has 0 aliphatic carbocycles. The molecular formula is C12H14BrClFNO. The maximum absolute atomic E-state index is 13.2. The summed E-state index contributed by atoms with van der Waals surface area (Å²) in [4.78, 5) is 11.9. The second-order valence-corrected chi connectivity index (χ2v) is 5.10. The van der Waals surface area contributed by atoms with Crippen molar-refractivity contribution in [3.63, 3.8) is 0 Å². The predicted molar refractivity (Wildman–Crippen MR) is 71.4 cm³/mol. The van der Waals surface area contributed by atoms with Crippen LogP contribution in [0.5, 0.6) is 0 Å². The average Bonchev–Trinajstić information content (AvgIpc) is 2.32. The summed E-state index contributed by atoms with van der Waals surface area (Å²) < 4.78 is 13.2. The number of nitrogens with one attached hydrogen (secondary N) is 1. The molecule has 1 rings (SSSR count). The highest BCUT2D eigenvalue weighted by Crippen LogP contribution is 2.17. The Balaban J connectivity index is 2.86. The molecule has 1 amide bonds. The van der Waals surface area contributed by atoms with Crippen molar-refractivity contribution in [2.45, 2.75) is 25.8 Å². The third kappa shape index (κ3) is 3.68. The summed E-state index contributed by atoms with van der Waals surface area (Å²) in [5.41, 5.74) is -0.0692. The number of rotatable bonds is 4. The van der Waals surface area contributed by atoms with E-state index in [1.54, 1.807) is 0 Å². The van der Waals surface area contributed by atoms with Gasteiger partial charge in [-0.2, -0.15) is 0 Å². The van der Waals surface area contributed by atoms with Crippen molar-refractivity contribution in [1.29, 1.82) is 0 Å². The van der Waals surface area contributed by atoms with Crippen LogP contribution in [0.4, 0.5) is 4.39 Å². The number of hydrogen-bond donors (Lipinski definition) is 1. The molecule has 1 aromatic carbocycles. The summed E-state index contributed by atoms with van der Waals surface area (Å²) in [6.07, 6.45) is 0.778. The van der Waals surface area contributed by atoms with Crippen LogP contribution in [0, 0.1) is 5.82 Å². The Morgan fingerprint density at radius 3 is 2.71 bits per heavy atom. The van der Waals surface area contributed by atoms with Crippen LogP contribution in [-0.2, 0) is 0 Å². The van der Waals surface area contributed by atoms with Gasteiger partial charge < -0.3 is 5.32 Å². The number of benzene rings is 1. The maximum Gasteiger partial charge on any atom is 0.251 e. The Hall–Kier alpha value is -0.610. The Morgan fingerprint density at radius 1 is 1.59 bits per heavy atom. The lowest BCUT2D eigenvalue weighted by Gasteiger charge is -2.27. The number of carbonyl (C=O) groups excluding carboxylic acids is 1. The smallest absolute Gasteiger partial charge is 0.251 e. The molecular weight excluding hydrogens is 308 g/mol. The molecule has 1 unspecified atom stereocenters. The van der Waals surface area contributed by atoms with Gasteiger partial charge in [0.25, 0.3) is 5.91 Å². The van der Waals surface area contributed by atoms with Crippen molar-refractivity contribution in [1.82, 2.24) is 5.32 Å². The molecule has 1 atom stereocenters. The topological polar surface area (TPSA) is 29.1 Å². The molecule has 0 saturated carbocycles. The highest BCUT2D eigenvalue weighted by molar-refractivity contribution is 9.09. The molecule has 0 aliphatic heterocycles. The van der Waals surface area contributed by atoms with E-state index in [-0.39, 0.29) is 22.0 Å². The van der Waals surface area contributed by atoms with Gasteiger partial charge in [-0.05, 0) is 31.5 Å². The third-order valence-electron chi connectivity index (χ3n) is 2.67. The monoisotopic (exact) mass is 321 g/mol. The van der Waals surface area contributed by atoms with E-state index < -0.39 is 5.82 Å². The highest BCUT2D eigenvalue weighted by atomic mass is 79.9. The van der Waals surface area contributed by atoms with Crippen LogP contribution in [0.15, 0.2) is 18.2 Å². The minimum absolute atomic E-state index is 0.0142. The van der Waals surface area contributed by atoms with E-state index in [0.717, 1.165) is 12.5 Å². The van der Waals surface area contributed by atoms with Gasteiger partial charge in [0.1, 0.15) is 5.82 Å². The van der Waals surface area contributed by atoms with Gasteiger partial charge in [-0.15, -0.1) is 0 Å². The summed E-state index contributed by atoms with van der Waals surface area (Å²) in [6, 6.07) is 4.02. The van der Waals surface area contributed by atoms with Crippen LogP contribution in [0.25, 0.3) is 0 Å². The molecule has 0 aliphatic rings. The molecule has 0 saturated heterocycles. The fourth-order valence-corrected chi connectivity index (χ4v) is 1.85. The largest absolute Gasteiger partial charge is 0.346 e. The highest BCUT2D eigenvalue weighted by Gasteiger charge is 2.23. The third-order valence-corrected chi connectivity index (χ3v) is 4.22. The normalized spacial score (nSPS) is 14.2. The number of carbonyl (C=O) groups is 1. The minimum atomic E-state index is -0.587. The van der Waals surface area contributed by atoms with Crippen molar-refractivity contribution in [2.75, 3.05) is 5.33 Å². The lowest BCUT2D eigenvalue weighted by Crippen LogP contribution is -2.46. The van der Waals surface area contributed by atoms with Crippen LogP contribution in [0.3, 0.4) is 0 Å². The van der Waals surface area contributed by atoms with E-state index in [4.69, 9.17) is 11.6 Å². The summed E-state index contributed by atoms with van der Waals surface area (Å²) in [6.45, 7) is 3.90. The Bertz CT molecular complexity index is 421. The van der Waals surface area contributed by atoms with Crippen molar-refractivity contribution >= 4 is 33.4 Å². The molecule has 1 aromatic rings. The summed E-state index contributed by atoms with van der Waals surface area (Å²) >= 11 is 8.91. The summed E-state index contributed by atoms with van der Waals surface area (Å²) in [5, 5.41) is 3.51. The van der Waals surface area contributed by atoms with Crippen LogP contribution >= 0.6 is 27.5 Å². The zero-order chi connectivity index (χ0) is 13.1. The van der Waals surface area contributed by atoms with Crippen LogP contribution < -0.4 is 5.32 Å². The lowest BCUT2D eigenvalue weighted by atomic mass is 10.0. The van der Waals surface area contributed by atoms with Crippen molar-refractivity contribution < 1.29 is 9.18 Å². The number of hydrogen-bond acceptors (Lipinski definition) is 1. The second-order valence-electron chi connectivity index (χ2n) is 4.13. The first-order valence-corrected chi connectivity index (χ1v) is 6.75. The van der Waals surface area contributed by atoms with Crippen LogP contribution in [-0.4, -0.2) is 16.8 Å². The number of halogens is 3. The zero-order valence-electron chi connectivity index (χ0n) is 9.69. The van der Waals surface area contributed by atoms with Gasteiger partial charge in [0.2, 0.25) is 0 Å². The molecule has 0 aromatic heterocycles. The number of alkyl halides is 1. The van der Waals surface area contributed by atoms with Gasteiger partial charge >= 0.3 is 0 Å². The second kappa shape index (κ2) is 5.83. The van der Waals surface area contributed by atoms with E-state index in [9.17, 15) is 9.18 Å². The Morgan fingerprint density at radius 2 is 2.24 bits per heavy atom. The molecule has 0 heterocycles.